The fourth-order valence-electron chi connectivity index (χ4n) is 3.55. The van der Waals surface area contributed by atoms with Gasteiger partial charge in [0.05, 0.1) is 5.69 Å². The van der Waals surface area contributed by atoms with Crippen molar-refractivity contribution in [2.75, 3.05) is 6.61 Å². The van der Waals surface area contributed by atoms with Crippen LogP contribution in [0.5, 0.6) is 0 Å². The molecule has 3 rings (SSSR count). The van der Waals surface area contributed by atoms with Crippen LogP contribution < -0.4 is 5.56 Å². The van der Waals surface area contributed by atoms with Crippen LogP contribution in [0.15, 0.2) is 47.3 Å². The first-order chi connectivity index (χ1) is 13.0. The molecule has 0 N–H and O–H groups in total. The molecule has 0 aliphatic carbocycles. The van der Waals surface area contributed by atoms with E-state index in [0.717, 1.165) is 34.8 Å². The van der Waals surface area contributed by atoms with Crippen molar-refractivity contribution >= 4 is 17.1 Å². The third kappa shape index (κ3) is 3.45. The van der Waals surface area contributed by atoms with Crippen LogP contribution in [0.25, 0.3) is 21.9 Å². The van der Waals surface area contributed by atoms with Crippen molar-refractivity contribution in [1.82, 2.24) is 4.57 Å². The Morgan fingerprint density at radius 1 is 1.07 bits per heavy atom. The Morgan fingerprint density at radius 3 is 2.37 bits per heavy atom. The van der Waals surface area contributed by atoms with Crippen LogP contribution >= 0.6 is 0 Å². The molecule has 0 saturated heterocycles. The highest BCUT2D eigenvalue weighted by molar-refractivity contribution is 5.98. The van der Waals surface area contributed by atoms with E-state index in [4.69, 9.17) is 4.74 Å². The second kappa shape index (κ2) is 7.89. The number of hydrogen-bond acceptors (Lipinski definition) is 3. The Balaban J connectivity index is 2.45. The summed E-state index contributed by atoms with van der Waals surface area (Å²) in [5.41, 5.74) is 4.62. The van der Waals surface area contributed by atoms with Crippen molar-refractivity contribution in [3.05, 3.63) is 69.6 Å². The van der Waals surface area contributed by atoms with Crippen molar-refractivity contribution in [3.63, 3.8) is 0 Å². The number of carbonyl (C=O) groups is 1. The van der Waals surface area contributed by atoms with Crippen LogP contribution in [0.1, 0.15) is 36.8 Å². The predicted octanol–water partition coefficient (Wildman–Crippen LogP) is 4.35. The molecule has 0 spiro atoms. The standard InChI is InChI=1S/C23H25NO3/c1-5-16-8-10-17(11-9-16)21-19-13-15(3)7-12-18(19)23(26)24(4)22(21)20(14-25)27-6-2/h7-14,20H,5-6H2,1-4H3. The average molecular weight is 363 g/mol. The van der Waals surface area contributed by atoms with Crippen LogP contribution in [-0.4, -0.2) is 17.5 Å². The van der Waals surface area contributed by atoms with Gasteiger partial charge in [0.1, 0.15) is 0 Å². The minimum atomic E-state index is -0.793. The Kier molecular flexibility index (Phi) is 5.57. The summed E-state index contributed by atoms with van der Waals surface area (Å²) in [6.45, 7) is 6.34. The number of aldehydes is 1. The van der Waals surface area contributed by atoms with Gasteiger partial charge in [0.25, 0.3) is 5.56 Å². The van der Waals surface area contributed by atoms with E-state index >= 15 is 0 Å². The van der Waals surface area contributed by atoms with E-state index in [0.29, 0.717) is 17.7 Å². The van der Waals surface area contributed by atoms with Crippen LogP contribution in [-0.2, 0) is 23.0 Å². The molecule has 27 heavy (non-hydrogen) atoms. The summed E-state index contributed by atoms with van der Waals surface area (Å²) in [4.78, 5) is 24.8. The molecule has 0 radical (unpaired) electrons. The van der Waals surface area contributed by atoms with E-state index in [-0.39, 0.29) is 5.56 Å². The second-order valence-corrected chi connectivity index (χ2v) is 6.74. The largest absolute Gasteiger partial charge is 0.365 e. The van der Waals surface area contributed by atoms with Crippen LogP contribution in [0, 0.1) is 6.92 Å². The Bertz CT molecular complexity index is 1030. The molecule has 0 aliphatic rings. The van der Waals surface area contributed by atoms with E-state index in [2.05, 4.69) is 31.2 Å². The molecule has 2 aromatic carbocycles. The summed E-state index contributed by atoms with van der Waals surface area (Å²) in [6.07, 6.45) is 0.929. The highest BCUT2D eigenvalue weighted by Crippen LogP contribution is 2.35. The molecule has 0 bridgehead atoms. The molecule has 0 aliphatic heterocycles. The van der Waals surface area contributed by atoms with Crippen LogP contribution in [0.2, 0.25) is 0 Å². The zero-order valence-electron chi connectivity index (χ0n) is 16.3. The van der Waals surface area contributed by atoms with E-state index < -0.39 is 6.10 Å². The highest BCUT2D eigenvalue weighted by atomic mass is 16.5. The summed E-state index contributed by atoms with van der Waals surface area (Å²) < 4.78 is 7.22. The van der Waals surface area contributed by atoms with E-state index in [1.807, 2.05) is 32.0 Å². The zero-order valence-corrected chi connectivity index (χ0v) is 16.3. The van der Waals surface area contributed by atoms with Crippen LogP contribution in [0.3, 0.4) is 0 Å². The fraction of sp³-hybridized carbons (Fsp3) is 0.304. The molecule has 1 heterocycles. The van der Waals surface area contributed by atoms with Gasteiger partial charge >= 0.3 is 0 Å². The van der Waals surface area contributed by atoms with Crippen molar-refractivity contribution in [2.45, 2.75) is 33.3 Å². The van der Waals surface area contributed by atoms with Gasteiger partial charge < -0.3 is 14.1 Å². The number of pyridine rings is 1. The molecule has 3 aromatic rings. The monoisotopic (exact) mass is 363 g/mol. The number of benzene rings is 2. The molecule has 0 amide bonds. The van der Waals surface area contributed by atoms with Gasteiger partial charge in [-0.2, -0.15) is 0 Å². The van der Waals surface area contributed by atoms with Gasteiger partial charge in [-0.15, -0.1) is 0 Å². The van der Waals surface area contributed by atoms with Crippen molar-refractivity contribution < 1.29 is 9.53 Å². The summed E-state index contributed by atoms with van der Waals surface area (Å²) >= 11 is 0. The van der Waals surface area contributed by atoms with Gasteiger partial charge in [-0.1, -0.05) is 48.9 Å². The van der Waals surface area contributed by atoms with Gasteiger partial charge in [0.2, 0.25) is 0 Å². The summed E-state index contributed by atoms with van der Waals surface area (Å²) in [5.74, 6) is 0. The number of carbonyl (C=O) groups excluding carboxylic acids is 1. The van der Waals surface area contributed by atoms with Crippen molar-refractivity contribution in [1.29, 1.82) is 0 Å². The molecule has 140 valence electrons. The first kappa shape index (κ1) is 19.1. The lowest BCUT2D eigenvalue weighted by Crippen LogP contribution is -2.25. The average Bonchev–Trinajstić information content (AvgIpc) is 2.69. The van der Waals surface area contributed by atoms with Crippen molar-refractivity contribution in [3.8, 4) is 11.1 Å². The maximum atomic E-state index is 13.0. The predicted molar refractivity (Wildman–Crippen MR) is 109 cm³/mol. The SMILES string of the molecule is CCOC(C=O)c1c(-c2ccc(CC)cc2)c2cc(C)ccc2c(=O)n1C. The number of ether oxygens (including phenoxy) is 1. The zero-order chi connectivity index (χ0) is 19.6. The molecular weight excluding hydrogens is 338 g/mol. The molecular formula is C23H25NO3. The molecule has 0 saturated carbocycles. The first-order valence-corrected chi connectivity index (χ1v) is 9.31. The maximum Gasteiger partial charge on any atom is 0.258 e. The lowest BCUT2D eigenvalue weighted by molar-refractivity contribution is -0.118. The first-order valence-electron chi connectivity index (χ1n) is 9.31. The molecule has 1 atom stereocenters. The van der Waals surface area contributed by atoms with E-state index in [9.17, 15) is 9.59 Å². The number of aromatic nitrogens is 1. The molecule has 4 heteroatoms. The summed E-state index contributed by atoms with van der Waals surface area (Å²) in [6, 6.07) is 14.1. The van der Waals surface area contributed by atoms with Gasteiger partial charge in [-0.05, 0) is 42.8 Å². The maximum absolute atomic E-state index is 13.0. The highest BCUT2D eigenvalue weighted by Gasteiger charge is 2.23. The smallest absolute Gasteiger partial charge is 0.258 e. The molecule has 0 fully saturated rings. The second-order valence-electron chi connectivity index (χ2n) is 6.74. The number of fused-ring (bicyclic) bond motifs is 1. The number of hydrogen-bond donors (Lipinski definition) is 0. The minimum Gasteiger partial charge on any atom is -0.365 e. The van der Waals surface area contributed by atoms with Gasteiger partial charge in [0, 0.05) is 24.6 Å². The Hall–Kier alpha value is -2.72. The Labute approximate surface area is 159 Å². The summed E-state index contributed by atoms with van der Waals surface area (Å²) in [5, 5.41) is 1.49. The van der Waals surface area contributed by atoms with Crippen LogP contribution in [0.4, 0.5) is 0 Å². The van der Waals surface area contributed by atoms with Gasteiger partial charge in [-0.25, -0.2) is 0 Å². The third-order valence-corrected chi connectivity index (χ3v) is 4.99. The minimum absolute atomic E-state index is 0.125. The lowest BCUT2D eigenvalue weighted by Gasteiger charge is -2.22. The third-order valence-electron chi connectivity index (χ3n) is 4.99. The lowest BCUT2D eigenvalue weighted by atomic mass is 9.93. The molecule has 1 aromatic heterocycles. The summed E-state index contributed by atoms with van der Waals surface area (Å²) in [7, 11) is 1.70. The van der Waals surface area contributed by atoms with Gasteiger partial charge in [-0.3, -0.25) is 4.79 Å². The van der Waals surface area contributed by atoms with E-state index in [1.165, 1.54) is 5.56 Å². The molecule has 4 nitrogen and oxygen atoms in total. The fourth-order valence-corrected chi connectivity index (χ4v) is 3.55. The topological polar surface area (TPSA) is 48.3 Å². The number of aryl methyl sites for hydroxylation is 2. The quantitative estimate of drug-likeness (QED) is 0.612. The van der Waals surface area contributed by atoms with E-state index in [1.54, 1.807) is 11.6 Å². The Morgan fingerprint density at radius 2 is 1.78 bits per heavy atom. The normalized spacial score (nSPS) is 12.3. The van der Waals surface area contributed by atoms with Gasteiger partial charge in [0.15, 0.2) is 12.4 Å². The van der Waals surface area contributed by atoms with Crippen molar-refractivity contribution in [2.24, 2.45) is 7.05 Å². The number of nitrogens with zero attached hydrogens (tertiary/aromatic N) is 1. The molecule has 1 unspecified atom stereocenters. The number of rotatable bonds is 6.